The number of carbonyl (C=O) groups excluding carboxylic acids is 1. The van der Waals surface area contributed by atoms with Crippen molar-refractivity contribution in [1.82, 2.24) is 5.32 Å². The molecule has 1 amide bonds. The van der Waals surface area contributed by atoms with Crippen molar-refractivity contribution < 1.29 is 19.0 Å². The Morgan fingerprint density at radius 2 is 2.10 bits per heavy atom. The van der Waals surface area contributed by atoms with Crippen LogP contribution >= 0.6 is 0 Å². The molecule has 5 heteroatoms. The number of hydrogen-bond acceptors (Lipinski definition) is 3. The van der Waals surface area contributed by atoms with Gasteiger partial charge in [0.1, 0.15) is 11.6 Å². The van der Waals surface area contributed by atoms with Crippen LogP contribution < -0.4 is 10.1 Å². The molecule has 0 aliphatic carbocycles. The Morgan fingerprint density at radius 3 is 2.71 bits per heavy atom. The molecule has 2 unspecified atom stereocenters. The van der Waals surface area contributed by atoms with Crippen LogP contribution in [0.4, 0.5) is 4.39 Å². The Labute approximate surface area is 125 Å². The molecule has 0 bridgehead atoms. The zero-order valence-electron chi connectivity index (χ0n) is 12.9. The Kier molecular flexibility index (Phi) is 7.15. The third-order valence-corrected chi connectivity index (χ3v) is 3.18. The summed E-state index contributed by atoms with van der Waals surface area (Å²) in [4.78, 5) is 11.9. The maximum atomic E-state index is 13.3. The number of unbranched alkanes of at least 4 members (excludes halogenated alkanes) is 2. The topological polar surface area (TPSA) is 58.6 Å². The van der Waals surface area contributed by atoms with E-state index >= 15 is 0 Å². The molecule has 0 radical (unpaired) electrons. The van der Waals surface area contributed by atoms with Crippen LogP contribution in [0.1, 0.15) is 51.7 Å². The molecule has 0 fully saturated rings. The third kappa shape index (κ3) is 5.71. The summed E-state index contributed by atoms with van der Waals surface area (Å²) >= 11 is 0. The van der Waals surface area contributed by atoms with Gasteiger partial charge < -0.3 is 15.2 Å². The van der Waals surface area contributed by atoms with E-state index in [0.717, 1.165) is 19.3 Å². The average molecular weight is 297 g/mol. The lowest BCUT2D eigenvalue weighted by atomic mass is 10.1. The summed E-state index contributed by atoms with van der Waals surface area (Å²) in [5, 5.41) is 12.4. The summed E-state index contributed by atoms with van der Waals surface area (Å²) in [7, 11) is 0. The zero-order chi connectivity index (χ0) is 15.8. The largest absolute Gasteiger partial charge is 0.480 e. The van der Waals surface area contributed by atoms with Crippen LogP contribution in [-0.4, -0.2) is 23.7 Å². The van der Waals surface area contributed by atoms with Gasteiger partial charge in [-0.05, 0) is 32.4 Å². The van der Waals surface area contributed by atoms with Gasteiger partial charge in [-0.1, -0.05) is 19.8 Å². The Bertz CT molecular complexity index is 463. The van der Waals surface area contributed by atoms with E-state index in [2.05, 4.69) is 12.2 Å². The minimum Gasteiger partial charge on any atom is -0.480 e. The summed E-state index contributed by atoms with van der Waals surface area (Å²) in [5.41, 5.74) is 0.460. The van der Waals surface area contributed by atoms with Crippen molar-refractivity contribution in [2.24, 2.45) is 0 Å². The highest BCUT2D eigenvalue weighted by Gasteiger charge is 2.18. The molecule has 0 saturated carbocycles. The fourth-order valence-corrected chi connectivity index (χ4v) is 1.93. The molecule has 0 aliphatic heterocycles. The predicted octanol–water partition coefficient (Wildman–Crippen LogP) is 2.95. The summed E-state index contributed by atoms with van der Waals surface area (Å²) in [6.07, 6.45) is 1.54. The van der Waals surface area contributed by atoms with Crippen molar-refractivity contribution in [3.8, 4) is 5.75 Å². The molecular formula is C16H24FNO3. The third-order valence-electron chi connectivity index (χ3n) is 3.18. The highest BCUT2D eigenvalue weighted by atomic mass is 19.1. The van der Waals surface area contributed by atoms with E-state index in [-0.39, 0.29) is 11.7 Å². The van der Waals surface area contributed by atoms with Gasteiger partial charge in [-0.3, -0.25) is 4.79 Å². The van der Waals surface area contributed by atoms with Crippen LogP contribution in [0.3, 0.4) is 0 Å². The summed E-state index contributed by atoms with van der Waals surface area (Å²) in [6, 6.07) is 3.90. The first kappa shape index (κ1) is 17.4. The first-order chi connectivity index (χ1) is 9.95. The van der Waals surface area contributed by atoms with E-state index in [1.165, 1.54) is 18.2 Å². The lowest BCUT2D eigenvalue weighted by Crippen LogP contribution is -2.37. The minimum atomic E-state index is -0.791. The molecule has 0 saturated heterocycles. The van der Waals surface area contributed by atoms with Gasteiger partial charge in [-0.25, -0.2) is 4.39 Å². The monoisotopic (exact) mass is 297 g/mol. The molecule has 2 atom stereocenters. The van der Waals surface area contributed by atoms with E-state index in [4.69, 9.17) is 4.74 Å². The van der Waals surface area contributed by atoms with Gasteiger partial charge in [0.25, 0.3) is 5.91 Å². The van der Waals surface area contributed by atoms with Crippen LogP contribution in [0.5, 0.6) is 5.75 Å². The quantitative estimate of drug-likeness (QED) is 0.725. The van der Waals surface area contributed by atoms with E-state index in [1.54, 1.807) is 13.8 Å². The molecule has 1 rings (SSSR count). The van der Waals surface area contributed by atoms with Gasteiger partial charge in [0.05, 0.1) is 6.10 Å². The first-order valence-electron chi connectivity index (χ1n) is 7.37. The number of nitrogens with one attached hydrogen (secondary N) is 1. The first-order valence-corrected chi connectivity index (χ1v) is 7.37. The highest BCUT2D eigenvalue weighted by molar-refractivity contribution is 5.80. The molecule has 1 aromatic carbocycles. The Morgan fingerprint density at radius 1 is 1.38 bits per heavy atom. The van der Waals surface area contributed by atoms with Crippen molar-refractivity contribution in [1.29, 1.82) is 0 Å². The van der Waals surface area contributed by atoms with Crippen LogP contribution in [-0.2, 0) is 4.79 Å². The number of benzene rings is 1. The summed E-state index contributed by atoms with van der Waals surface area (Å²) < 4.78 is 18.8. The normalized spacial score (nSPS) is 13.6. The SMILES string of the molecule is CCCCCNC(=O)C(C)Oc1cc(F)ccc1C(C)O. The molecule has 0 aliphatic rings. The van der Waals surface area contributed by atoms with Crippen molar-refractivity contribution in [3.63, 3.8) is 0 Å². The van der Waals surface area contributed by atoms with E-state index in [0.29, 0.717) is 12.1 Å². The second-order valence-electron chi connectivity index (χ2n) is 5.12. The van der Waals surface area contributed by atoms with E-state index < -0.39 is 18.0 Å². The van der Waals surface area contributed by atoms with Gasteiger partial charge in [-0.2, -0.15) is 0 Å². The van der Waals surface area contributed by atoms with Gasteiger partial charge in [0, 0.05) is 18.2 Å². The number of hydrogen-bond donors (Lipinski definition) is 2. The van der Waals surface area contributed by atoms with Crippen molar-refractivity contribution in [2.45, 2.75) is 52.2 Å². The molecular weight excluding hydrogens is 273 g/mol. The summed E-state index contributed by atoms with van der Waals surface area (Å²) in [6.45, 7) is 5.86. The molecule has 21 heavy (non-hydrogen) atoms. The minimum absolute atomic E-state index is 0.196. The standard InChI is InChI=1S/C16H24FNO3/c1-4-5-6-9-18-16(20)12(3)21-15-10-13(17)7-8-14(15)11(2)19/h7-8,10-12,19H,4-6,9H2,1-3H3,(H,18,20). The summed E-state index contributed by atoms with van der Waals surface area (Å²) in [5.74, 6) is -0.516. The number of ether oxygens (including phenoxy) is 1. The van der Waals surface area contributed by atoms with Crippen LogP contribution in [0.25, 0.3) is 0 Å². The maximum Gasteiger partial charge on any atom is 0.260 e. The smallest absolute Gasteiger partial charge is 0.260 e. The number of amides is 1. The molecule has 0 aromatic heterocycles. The van der Waals surface area contributed by atoms with Gasteiger partial charge >= 0.3 is 0 Å². The fourth-order valence-electron chi connectivity index (χ4n) is 1.93. The molecule has 118 valence electrons. The molecule has 0 heterocycles. The van der Waals surface area contributed by atoms with E-state index in [1.807, 2.05) is 0 Å². The van der Waals surface area contributed by atoms with Crippen molar-refractivity contribution >= 4 is 5.91 Å². The van der Waals surface area contributed by atoms with Gasteiger partial charge in [0.2, 0.25) is 0 Å². The molecule has 2 N–H and O–H groups in total. The van der Waals surface area contributed by atoms with Crippen LogP contribution in [0.15, 0.2) is 18.2 Å². The average Bonchev–Trinajstić information content (AvgIpc) is 2.43. The maximum absolute atomic E-state index is 13.3. The number of rotatable bonds is 8. The second kappa shape index (κ2) is 8.62. The highest BCUT2D eigenvalue weighted by Crippen LogP contribution is 2.26. The predicted molar refractivity (Wildman–Crippen MR) is 79.7 cm³/mol. The van der Waals surface area contributed by atoms with Crippen molar-refractivity contribution in [2.75, 3.05) is 6.54 Å². The zero-order valence-corrected chi connectivity index (χ0v) is 12.9. The Hall–Kier alpha value is -1.62. The van der Waals surface area contributed by atoms with Crippen LogP contribution in [0, 0.1) is 5.82 Å². The number of aliphatic hydroxyl groups is 1. The fraction of sp³-hybridized carbons (Fsp3) is 0.562. The number of aliphatic hydroxyl groups excluding tert-OH is 1. The van der Waals surface area contributed by atoms with Gasteiger partial charge in [0.15, 0.2) is 6.10 Å². The lowest BCUT2D eigenvalue weighted by Gasteiger charge is -2.18. The molecule has 0 spiro atoms. The van der Waals surface area contributed by atoms with Gasteiger partial charge in [-0.15, -0.1) is 0 Å². The van der Waals surface area contributed by atoms with Crippen molar-refractivity contribution in [3.05, 3.63) is 29.6 Å². The molecule has 1 aromatic rings. The number of carbonyl (C=O) groups is 1. The lowest BCUT2D eigenvalue weighted by molar-refractivity contribution is -0.127. The van der Waals surface area contributed by atoms with Crippen LogP contribution in [0.2, 0.25) is 0 Å². The second-order valence-corrected chi connectivity index (χ2v) is 5.12. The molecule has 4 nitrogen and oxygen atoms in total. The Balaban J connectivity index is 2.63. The number of halogens is 1. The van der Waals surface area contributed by atoms with E-state index in [9.17, 15) is 14.3 Å².